The Morgan fingerprint density at radius 1 is 0.941 bits per heavy atom. The van der Waals surface area contributed by atoms with E-state index in [4.69, 9.17) is 12.2 Å². The summed E-state index contributed by atoms with van der Waals surface area (Å²) in [7, 11) is 1.55. The van der Waals surface area contributed by atoms with Crippen molar-refractivity contribution in [3.05, 3.63) is 88.2 Å². The van der Waals surface area contributed by atoms with Crippen molar-refractivity contribution in [3.8, 4) is 5.69 Å². The number of aryl methyl sites for hydroxylation is 2. The summed E-state index contributed by atoms with van der Waals surface area (Å²) < 4.78 is 1.89. The molecule has 0 spiro atoms. The third-order valence-electron chi connectivity index (χ3n) is 5.86. The Bertz CT molecular complexity index is 1390. The molecule has 2 amide bonds. The first-order valence-corrected chi connectivity index (χ1v) is 11.0. The number of rotatable bonds is 4. The number of amides is 2. The maximum Gasteiger partial charge on any atom is 0.335 e. The van der Waals surface area contributed by atoms with Crippen molar-refractivity contribution in [1.29, 1.82) is 0 Å². The van der Waals surface area contributed by atoms with Crippen LogP contribution in [0.2, 0.25) is 0 Å². The molecule has 0 aliphatic carbocycles. The van der Waals surface area contributed by atoms with Crippen molar-refractivity contribution < 1.29 is 19.5 Å². The second-order valence-corrected chi connectivity index (χ2v) is 8.56. The second-order valence-electron chi connectivity index (χ2n) is 8.20. The molecule has 0 saturated carbocycles. The molecule has 34 heavy (non-hydrogen) atoms. The van der Waals surface area contributed by atoms with Gasteiger partial charge in [0.15, 0.2) is 5.11 Å². The summed E-state index contributed by atoms with van der Waals surface area (Å²) in [5.74, 6) is -1.98. The zero-order valence-corrected chi connectivity index (χ0v) is 20.0. The average Bonchev–Trinajstić information content (AvgIpc) is 3.09. The van der Waals surface area contributed by atoms with Crippen molar-refractivity contribution in [2.24, 2.45) is 0 Å². The van der Waals surface area contributed by atoms with Crippen molar-refractivity contribution >= 4 is 46.9 Å². The largest absolute Gasteiger partial charge is 0.478 e. The van der Waals surface area contributed by atoms with Gasteiger partial charge in [0.1, 0.15) is 5.57 Å². The van der Waals surface area contributed by atoms with Crippen molar-refractivity contribution in [3.63, 3.8) is 0 Å². The van der Waals surface area contributed by atoms with E-state index in [9.17, 15) is 19.5 Å². The number of thiocarbonyl (C=S) groups is 1. The normalized spacial score (nSPS) is 15.4. The molecule has 1 N–H and O–H groups in total. The topological polar surface area (TPSA) is 82.9 Å². The lowest BCUT2D eigenvalue weighted by Crippen LogP contribution is -2.54. The predicted octanol–water partition coefficient (Wildman–Crippen LogP) is 4.27. The van der Waals surface area contributed by atoms with Gasteiger partial charge in [0.2, 0.25) is 0 Å². The second kappa shape index (κ2) is 8.72. The molecule has 7 nitrogen and oxygen atoms in total. The minimum Gasteiger partial charge on any atom is -0.478 e. The number of nitrogens with zero attached hydrogens (tertiary/aromatic N) is 3. The summed E-state index contributed by atoms with van der Waals surface area (Å²) in [6, 6.07) is 15.8. The van der Waals surface area contributed by atoms with Gasteiger partial charge >= 0.3 is 5.97 Å². The number of carbonyl (C=O) groups excluding carboxylic acids is 2. The van der Waals surface area contributed by atoms with E-state index in [0.717, 1.165) is 17.0 Å². The summed E-state index contributed by atoms with van der Waals surface area (Å²) >= 11 is 5.42. The van der Waals surface area contributed by atoms with Gasteiger partial charge in [0.05, 0.1) is 11.3 Å². The zero-order valence-electron chi connectivity index (χ0n) is 19.2. The molecule has 0 unspecified atom stereocenters. The first-order chi connectivity index (χ1) is 16.1. The average molecular weight is 474 g/mol. The lowest BCUT2D eigenvalue weighted by Gasteiger charge is -2.34. The number of carbonyl (C=O) groups is 3. The highest BCUT2D eigenvalue weighted by Crippen LogP contribution is 2.28. The van der Waals surface area contributed by atoms with Crippen LogP contribution in [0.3, 0.4) is 0 Å². The van der Waals surface area contributed by atoms with Gasteiger partial charge in [-0.2, -0.15) is 0 Å². The number of carboxylic acids is 1. The molecule has 0 atom stereocenters. The Hall–Kier alpha value is -4.04. The SMILES string of the molecule is Cc1ccc(N2C(=O)C(=Cc3cc(C)n(-c4cccc(C(=O)O)c4)c3C)C(=O)N(C)C2=S)cc1. The molecule has 1 aliphatic heterocycles. The molecule has 3 aromatic rings. The monoisotopic (exact) mass is 473 g/mol. The van der Waals surface area contributed by atoms with Crippen LogP contribution in [0.1, 0.15) is 32.9 Å². The molecule has 2 aromatic carbocycles. The quantitative estimate of drug-likeness (QED) is 0.348. The van der Waals surface area contributed by atoms with Crippen LogP contribution < -0.4 is 4.90 Å². The highest BCUT2D eigenvalue weighted by atomic mass is 32.1. The van der Waals surface area contributed by atoms with Gasteiger partial charge in [0, 0.05) is 24.1 Å². The fraction of sp³-hybridized carbons (Fsp3) is 0.154. The highest BCUT2D eigenvalue weighted by molar-refractivity contribution is 7.80. The molecule has 0 radical (unpaired) electrons. The maximum atomic E-state index is 13.4. The first-order valence-electron chi connectivity index (χ1n) is 10.6. The van der Waals surface area contributed by atoms with Gasteiger partial charge in [-0.1, -0.05) is 23.8 Å². The van der Waals surface area contributed by atoms with Crippen LogP contribution in [0.15, 0.2) is 60.2 Å². The lowest BCUT2D eigenvalue weighted by molar-refractivity contribution is -0.127. The molecule has 172 valence electrons. The molecule has 1 aliphatic rings. The summed E-state index contributed by atoms with van der Waals surface area (Å²) in [4.78, 5) is 40.5. The molecule has 0 bridgehead atoms. The molecule has 1 saturated heterocycles. The van der Waals surface area contributed by atoms with Gasteiger partial charge in [-0.3, -0.25) is 19.4 Å². The number of carboxylic acid groups (broad SMARTS) is 1. The van der Waals surface area contributed by atoms with Crippen LogP contribution in [-0.2, 0) is 9.59 Å². The third kappa shape index (κ3) is 3.92. The van der Waals surface area contributed by atoms with Crippen molar-refractivity contribution in [2.75, 3.05) is 11.9 Å². The standard InChI is InChI=1S/C26H23N3O4S/c1-15-8-10-20(11-9-15)29-24(31)22(23(30)27(4)26(29)34)14-19-12-16(2)28(17(19)3)21-7-5-6-18(13-21)25(32)33/h5-14H,1-4H3,(H,32,33). The number of hydrogen-bond acceptors (Lipinski definition) is 4. The summed E-state index contributed by atoms with van der Waals surface area (Å²) in [5.41, 5.74) is 4.76. The van der Waals surface area contributed by atoms with Crippen LogP contribution in [0.5, 0.6) is 0 Å². The number of aromatic nitrogens is 1. The van der Waals surface area contributed by atoms with Gasteiger partial charge in [0.25, 0.3) is 11.8 Å². The molecular weight excluding hydrogens is 450 g/mol. The van der Waals surface area contributed by atoms with E-state index < -0.39 is 17.8 Å². The summed E-state index contributed by atoms with van der Waals surface area (Å²) in [6.07, 6.45) is 1.57. The predicted molar refractivity (Wildman–Crippen MR) is 134 cm³/mol. The van der Waals surface area contributed by atoms with Crippen LogP contribution >= 0.6 is 12.2 Å². The first kappa shape index (κ1) is 23.1. The van der Waals surface area contributed by atoms with E-state index >= 15 is 0 Å². The Morgan fingerprint density at radius 3 is 2.26 bits per heavy atom. The Balaban J connectivity index is 1.79. The van der Waals surface area contributed by atoms with Gasteiger partial charge in [-0.25, -0.2) is 4.79 Å². The minimum absolute atomic E-state index is 0.00351. The van der Waals surface area contributed by atoms with Gasteiger partial charge in [-0.05, 0) is 81.0 Å². The van der Waals surface area contributed by atoms with E-state index in [1.807, 2.05) is 49.6 Å². The summed E-state index contributed by atoms with van der Waals surface area (Å²) in [6.45, 7) is 5.69. The molecule has 1 aromatic heterocycles. The van der Waals surface area contributed by atoms with Crippen molar-refractivity contribution in [2.45, 2.75) is 20.8 Å². The third-order valence-corrected chi connectivity index (χ3v) is 6.32. The number of benzene rings is 2. The van der Waals surface area contributed by atoms with Crippen LogP contribution in [0, 0.1) is 20.8 Å². The van der Waals surface area contributed by atoms with E-state index in [1.165, 1.54) is 15.9 Å². The number of aromatic carboxylic acids is 1. The number of anilines is 1. The van der Waals surface area contributed by atoms with Crippen LogP contribution in [0.25, 0.3) is 11.8 Å². The van der Waals surface area contributed by atoms with Crippen LogP contribution in [0.4, 0.5) is 5.69 Å². The van der Waals surface area contributed by atoms with E-state index in [1.54, 1.807) is 37.4 Å². The fourth-order valence-electron chi connectivity index (χ4n) is 4.03. The van der Waals surface area contributed by atoms with Crippen molar-refractivity contribution in [1.82, 2.24) is 9.47 Å². The number of likely N-dealkylation sites (N-methyl/N-ethyl adjacent to an activating group) is 1. The maximum absolute atomic E-state index is 13.4. The molecule has 4 rings (SSSR count). The summed E-state index contributed by atoms with van der Waals surface area (Å²) in [5, 5.41) is 9.46. The van der Waals surface area contributed by atoms with E-state index in [2.05, 4.69) is 0 Å². The number of hydrogen-bond donors (Lipinski definition) is 1. The lowest BCUT2D eigenvalue weighted by atomic mass is 10.1. The molecular formula is C26H23N3O4S. The Labute approximate surface area is 202 Å². The molecule has 2 heterocycles. The Morgan fingerprint density at radius 2 is 1.62 bits per heavy atom. The zero-order chi connectivity index (χ0) is 24.7. The molecule has 8 heteroatoms. The Kier molecular flexibility index (Phi) is 5.93. The highest BCUT2D eigenvalue weighted by Gasteiger charge is 2.38. The van der Waals surface area contributed by atoms with E-state index in [-0.39, 0.29) is 16.2 Å². The smallest absolute Gasteiger partial charge is 0.335 e. The fourth-order valence-corrected chi connectivity index (χ4v) is 4.30. The van der Waals surface area contributed by atoms with Gasteiger partial charge < -0.3 is 9.67 Å². The van der Waals surface area contributed by atoms with Gasteiger partial charge in [-0.15, -0.1) is 0 Å². The minimum atomic E-state index is -1.01. The van der Waals surface area contributed by atoms with Crippen LogP contribution in [-0.4, -0.2) is 44.5 Å². The van der Waals surface area contributed by atoms with E-state index in [0.29, 0.717) is 16.9 Å². The molecule has 1 fully saturated rings.